The van der Waals surface area contributed by atoms with Gasteiger partial charge in [-0.05, 0) is 34.3 Å². The average molecular weight is 414 g/mol. The predicted molar refractivity (Wildman–Crippen MR) is 112 cm³/mol. The molecule has 0 saturated heterocycles. The summed E-state index contributed by atoms with van der Waals surface area (Å²) in [5.74, 6) is 0.839. The van der Waals surface area contributed by atoms with Crippen LogP contribution in [-0.2, 0) is 11.3 Å². The minimum absolute atomic E-state index is 0.0303. The van der Waals surface area contributed by atoms with E-state index < -0.39 is 0 Å². The zero-order valence-electron chi connectivity index (χ0n) is 15.4. The summed E-state index contributed by atoms with van der Waals surface area (Å²) >= 11 is 3.46. The number of ether oxygens (including phenoxy) is 1. The third-order valence-electron chi connectivity index (χ3n) is 3.91. The van der Waals surface area contributed by atoms with Gasteiger partial charge in [0.2, 0.25) is 0 Å². The zero-order chi connectivity index (χ0) is 18.9. The highest BCUT2D eigenvalue weighted by Gasteiger charge is 2.22. The first-order valence-electron chi connectivity index (χ1n) is 8.72. The molecule has 2 aromatic rings. The van der Waals surface area contributed by atoms with Crippen molar-refractivity contribution in [3.63, 3.8) is 0 Å². The lowest BCUT2D eigenvalue weighted by Gasteiger charge is -2.24. The van der Waals surface area contributed by atoms with Gasteiger partial charge in [-0.2, -0.15) is 0 Å². The van der Waals surface area contributed by atoms with Crippen molar-refractivity contribution < 1.29 is 9.53 Å². The predicted octanol–water partition coefficient (Wildman–Crippen LogP) is 5.86. The Bertz CT molecular complexity index is 780. The van der Waals surface area contributed by atoms with E-state index in [9.17, 15) is 4.79 Å². The molecule has 3 rings (SSSR count). The molecule has 0 heterocycles. The smallest absolute Gasteiger partial charge is 0.254 e. The second-order valence-corrected chi connectivity index (χ2v) is 6.58. The molecule has 1 aliphatic rings. The van der Waals surface area contributed by atoms with Crippen molar-refractivity contribution in [2.24, 2.45) is 0 Å². The maximum Gasteiger partial charge on any atom is 0.254 e. The summed E-state index contributed by atoms with van der Waals surface area (Å²) in [6.45, 7) is 4.52. The van der Waals surface area contributed by atoms with E-state index in [-0.39, 0.29) is 5.91 Å². The third-order valence-corrected chi connectivity index (χ3v) is 4.46. The van der Waals surface area contributed by atoms with Gasteiger partial charge in [-0.3, -0.25) is 4.79 Å². The van der Waals surface area contributed by atoms with Crippen LogP contribution in [0.1, 0.15) is 25.8 Å². The number of benzene rings is 2. The molecule has 0 spiro atoms. The maximum atomic E-state index is 13.0. The Morgan fingerprint density at radius 1 is 1.04 bits per heavy atom. The molecule has 3 nitrogen and oxygen atoms in total. The molecular weight excluding hydrogens is 390 g/mol. The monoisotopic (exact) mass is 413 g/mol. The SMILES string of the molecule is CC.COc1ccc(CN(C(=O)C2=CC=C(Br)C2)c2ccccc2)cc1. The van der Waals surface area contributed by atoms with Gasteiger partial charge in [0.1, 0.15) is 5.75 Å². The van der Waals surface area contributed by atoms with E-state index in [1.54, 1.807) is 7.11 Å². The molecule has 1 amide bonds. The molecule has 0 radical (unpaired) electrons. The molecule has 0 aromatic heterocycles. The minimum atomic E-state index is 0.0303. The van der Waals surface area contributed by atoms with Gasteiger partial charge in [-0.15, -0.1) is 0 Å². The third kappa shape index (κ3) is 5.09. The fraction of sp³-hybridized carbons (Fsp3) is 0.227. The average Bonchev–Trinajstić information content (AvgIpc) is 3.14. The van der Waals surface area contributed by atoms with Gasteiger partial charge in [-0.25, -0.2) is 0 Å². The Morgan fingerprint density at radius 3 is 2.23 bits per heavy atom. The normalized spacial score (nSPS) is 12.5. The van der Waals surface area contributed by atoms with E-state index in [2.05, 4.69) is 15.9 Å². The van der Waals surface area contributed by atoms with Gasteiger partial charge < -0.3 is 9.64 Å². The number of nitrogens with zero attached hydrogens (tertiary/aromatic N) is 1. The van der Waals surface area contributed by atoms with Crippen LogP contribution in [0.5, 0.6) is 5.75 Å². The summed E-state index contributed by atoms with van der Waals surface area (Å²) < 4.78 is 6.23. The number of methoxy groups -OCH3 is 1. The number of hydrogen-bond donors (Lipinski definition) is 0. The van der Waals surface area contributed by atoms with Crippen LogP contribution in [0, 0.1) is 0 Å². The Labute approximate surface area is 164 Å². The molecule has 0 atom stereocenters. The number of carbonyl (C=O) groups is 1. The van der Waals surface area contributed by atoms with Gasteiger partial charge in [0, 0.05) is 17.7 Å². The lowest BCUT2D eigenvalue weighted by Crippen LogP contribution is -2.31. The van der Waals surface area contributed by atoms with Crippen LogP contribution in [0.4, 0.5) is 5.69 Å². The summed E-state index contributed by atoms with van der Waals surface area (Å²) in [4.78, 5) is 14.8. The molecule has 0 fully saturated rings. The number of anilines is 1. The van der Waals surface area contributed by atoms with Crippen molar-refractivity contribution >= 4 is 27.5 Å². The molecule has 0 saturated carbocycles. The highest BCUT2D eigenvalue weighted by Crippen LogP contribution is 2.28. The molecule has 2 aromatic carbocycles. The number of halogens is 1. The molecule has 26 heavy (non-hydrogen) atoms. The fourth-order valence-electron chi connectivity index (χ4n) is 2.61. The molecule has 0 bridgehead atoms. The van der Waals surface area contributed by atoms with Crippen molar-refractivity contribution in [1.29, 1.82) is 0 Å². The van der Waals surface area contributed by atoms with Crippen LogP contribution < -0.4 is 9.64 Å². The van der Waals surface area contributed by atoms with Crippen LogP contribution in [-0.4, -0.2) is 13.0 Å². The number of amides is 1. The van der Waals surface area contributed by atoms with Gasteiger partial charge in [0.15, 0.2) is 0 Å². The molecule has 0 aliphatic heterocycles. The van der Waals surface area contributed by atoms with Gasteiger partial charge in [-0.1, -0.05) is 72.3 Å². The first kappa shape index (κ1) is 20.0. The van der Waals surface area contributed by atoms with E-state index in [0.29, 0.717) is 13.0 Å². The standard InChI is InChI=1S/C20H18BrNO2.C2H6/c1-24-19-11-7-15(8-12-19)14-22(18-5-3-2-4-6-18)20(23)16-9-10-17(21)13-16;1-2/h2-12H,13-14H2,1H3;1-2H3. The van der Waals surface area contributed by atoms with Gasteiger partial charge >= 0.3 is 0 Å². The lowest BCUT2D eigenvalue weighted by atomic mass is 10.1. The fourth-order valence-corrected chi connectivity index (χ4v) is 3.05. The van der Waals surface area contributed by atoms with E-state index in [1.165, 1.54) is 0 Å². The van der Waals surface area contributed by atoms with E-state index in [0.717, 1.165) is 27.1 Å². The topological polar surface area (TPSA) is 29.5 Å². The Balaban J connectivity index is 0.00000117. The Morgan fingerprint density at radius 2 is 1.69 bits per heavy atom. The summed E-state index contributed by atoms with van der Waals surface area (Å²) in [7, 11) is 1.65. The lowest BCUT2D eigenvalue weighted by molar-refractivity contribution is -0.115. The number of hydrogen-bond acceptors (Lipinski definition) is 2. The van der Waals surface area contributed by atoms with Crippen LogP contribution >= 0.6 is 15.9 Å². The quantitative estimate of drug-likeness (QED) is 0.613. The van der Waals surface area contributed by atoms with Crippen molar-refractivity contribution in [2.75, 3.05) is 12.0 Å². The van der Waals surface area contributed by atoms with Crippen LogP contribution in [0.2, 0.25) is 0 Å². The van der Waals surface area contributed by atoms with E-state index in [4.69, 9.17) is 4.74 Å². The summed E-state index contributed by atoms with van der Waals surface area (Å²) in [6, 6.07) is 17.6. The van der Waals surface area contributed by atoms with Crippen LogP contribution in [0.15, 0.2) is 76.8 Å². The Hall–Kier alpha value is -2.33. The van der Waals surface area contributed by atoms with Gasteiger partial charge in [0.25, 0.3) is 5.91 Å². The van der Waals surface area contributed by atoms with E-state index in [1.807, 2.05) is 85.5 Å². The summed E-state index contributed by atoms with van der Waals surface area (Å²) in [6.07, 6.45) is 4.46. The molecule has 136 valence electrons. The second kappa shape index (κ2) is 9.97. The van der Waals surface area contributed by atoms with Crippen molar-refractivity contribution in [3.05, 3.63) is 82.4 Å². The van der Waals surface area contributed by atoms with E-state index >= 15 is 0 Å². The van der Waals surface area contributed by atoms with Crippen molar-refractivity contribution in [1.82, 2.24) is 0 Å². The minimum Gasteiger partial charge on any atom is -0.497 e. The number of allylic oxidation sites excluding steroid dienone is 3. The van der Waals surface area contributed by atoms with Gasteiger partial charge in [0.05, 0.1) is 13.7 Å². The highest BCUT2D eigenvalue weighted by atomic mass is 79.9. The number of para-hydroxylation sites is 1. The van der Waals surface area contributed by atoms with Crippen molar-refractivity contribution in [3.8, 4) is 5.75 Å². The number of carbonyl (C=O) groups excluding carboxylic acids is 1. The number of rotatable bonds is 5. The first-order valence-corrected chi connectivity index (χ1v) is 9.52. The zero-order valence-corrected chi connectivity index (χ0v) is 17.0. The van der Waals surface area contributed by atoms with Crippen LogP contribution in [0.3, 0.4) is 0 Å². The Kier molecular flexibility index (Phi) is 7.67. The largest absolute Gasteiger partial charge is 0.497 e. The first-order chi connectivity index (χ1) is 12.7. The second-order valence-electron chi connectivity index (χ2n) is 5.56. The maximum absolute atomic E-state index is 13.0. The van der Waals surface area contributed by atoms with Crippen LogP contribution in [0.25, 0.3) is 0 Å². The molecular formula is C22H24BrNO2. The van der Waals surface area contributed by atoms with Crippen molar-refractivity contribution in [2.45, 2.75) is 26.8 Å². The molecule has 4 heteroatoms. The summed E-state index contributed by atoms with van der Waals surface area (Å²) in [5.41, 5.74) is 2.74. The molecule has 1 aliphatic carbocycles. The molecule has 0 N–H and O–H groups in total. The molecule has 0 unspecified atom stereocenters. The summed E-state index contributed by atoms with van der Waals surface area (Å²) in [5, 5.41) is 0. The highest BCUT2D eigenvalue weighted by molar-refractivity contribution is 9.11.